The lowest BCUT2D eigenvalue weighted by Crippen LogP contribution is -3.13. The van der Waals surface area contributed by atoms with Crippen molar-refractivity contribution in [2.45, 2.75) is 32.0 Å². The van der Waals surface area contributed by atoms with E-state index in [9.17, 15) is 0 Å². The molecular weight excluding hydrogens is 284 g/mol. The van der Waals surface area contributed by atoms with Crippen LogP contribution in [0, 0.1) is 0 Å². The quantitative estimate of drug-likeness (QED) is 0.819. The van der Waals surface area contributed by atoms with Gasteiger partial charge >= 0.3 is 0 Å². The number of nitrogens with two attached hydrogens (primary N) is 1. The van der Waals surface area contributed by atoms with Gasteiger partial charge in [0.1, 0.15) is 18.8 Å². The van der Waals surface area contributed by atoms with Crippen LogP contribution in [0.15, 0.2) is 54.6 Å². The van der Waals surface area contributed by atoms with Crippen LogP contribution in [0.2, 0.25) is 0 Å². The molecular formula is C20H28N2O+2. The fourth-order valence-corrected chi connectivity index (χ4v) is 3.51. The third-order valence-corrected chi connectivity index (χ3v) is 4.90. The number of piperidine rings is 1. The summed E-state index contributed by atoms with van der Waals surface area (Å²) in [5.41, 5.74) is 2.76. The Hall–Kier alpha value is -1.84. The minimum absolute atomic E-state index is 0.749. The second-order valence-electron chi connectivity index (χ2n) is 6.50. The van der Waals surface area contributed by atoms with Crippen LogP contribution in [0.3, 0.4) is 0 Å². The zero-order valence-corrected chi connectivity index (χ0v) is 14.0. The molecule has 2 aromatic rings. The van der Waals surface area contributed by atoms with E-state index in [1.165, 1.54) is 43.6 Å². The molecule has 0 unspecified atom stereocenters. The number of methoxy groups -OCH3 is 1. The first-order valence-corrected chi connectivity index (χ1v) is 8.68. The van der Waals surface area contributed by atoms with E-state index in [1.54, 1.807) is 12.0 Å². The fourth-order valence-electron chi connectivity index (χ4n) is 3.51. The molecule has 0 aromatic heterocycles. The van der Waals surface area contributed by atoms with Crippen LogP contribution >= 0.6 is 0 Å². The summed E-state index contributed by atoms with van der Waals surface area (Å²) in [6.45, 7) is 4.74. The van der Waals surface area contributed by atoms with Gasteiger partial charge in [0, 0.05) is 24.0 Å². The summed E-state index contributed by atoms with van der Waals surface area (Å²) in [7, 11) is 1.75. The average Bonchev–Trinajstić information content (AvgIpc) is 2.62. The van der Waals surface area contributed by atoms with Gasteiger partial charge in [-0.15, -0.1) is 0 Å². The van der Waals surface area contributed by atoms with Gasteiger partial charge in [0.05, 0.1) is 26.2 Å². The molecule has 0 amide bonds. The normalized spacial score (nSPS) is 21.1. The summed E-state index contributed by atoms with van der Waals surface area (Å²) in [5, 5.41) is 2.50. The Kier molecular flexibility index (Phi) is 5.67. The van der Waals surface area contributed by atoms with Crippen molar-refractivity contribution < 1.29 is 15.0 Å². The molecule has 3 N–H and O–H groups in total. The highest BCUT2D eigenvalue weighted by Gasteiger charge is 2.24. The third-order valence-electron chi connectivity index (χ3n) is 4.90. The van der Waals surface area contributed by atoms with Gasteiger partial charge in [-0.3, -0.25) is 0 Å². The molecule has 1 aliphatic rings. The summed E-state index contributed by atoms with van der Waals surface area (Å²) in [6.07, 6.45) is 2.61. The van der Waals surface area contributed by atoms with Gasteiger partial charge < -0.3 is 15.0 Å². The fraction of sp³-hybridized carbons (Fsp3) is 0.400. The molecule has 0 bridgehead atoms. The molecule has 1 fully saturated rings. The molecule has 0 atom stereocenters. The number of nitrogens with one attached hydrogen (secondary N) is 1. The van der Waals surface area contributed by atoms with Crippen LogP contribution in [0.4, 0.5) is 0 Å². The highest BCUT2D eigenvalue weighted by Crippen LogP contribution is 2.15. The molecule has 122 valence electrons. The van der Waals surface area contributed by atoms with Crippen LogP contribution < -0.4 is 15.0 Å². The van der Waals surface area contributed by atoms with Gasteiger partial charge in [0.2, 0.25) is 0 Å². The number of quaternary nitrogens is 2. The van der Waals surface area contributed by atoms with Crippen molar-refractivity contribution in [3.8, 4) is 5.75 Å². The largest absolute Gasteiger partial charge is 0.496 e. The van der Waals surface area contributed by atoms with E-state index in [2.05, 4.69) is 53.8 Å². The van der Waals surface area contributed by atoms with Crippen molar-refractivity contribution >= 4 is 0 Å². The molecule has 2 aromatic carbocycles. The first-order valence-electron chi connectivity index (χ1n) is 8.68. The van der Waals surface area contributed by atoms with E-state index in [0.29, 0.717) is 0 Å². The van der Waals surface area contributed by atoms with E-state index in [1.807, 2.05) is 6.07 Å². The lowest BCUT2D eigenvalue weighted by Gasteiger charge is -2.28. The minimum atomic E-state index is 0.749. The molecule has 1 heterocycles. The van der Waals surface area contributed by atoms with Crippen LogP contribution in [0.1, 0.15) is 24.0 Å². The average molecular weight is 312 g/mol. The number of benzene rings is 2. The lowest BCUT2D eigenvalue weighted by atomic mass is 10.0. The second kappa shape index (κ2) is 8.14. The predicted octanol–water partition coefficient (Wildman–Crippen LogP) is 1.01. The SMILES string of the molecule is COc1ccccc1C[NH2+]C1CC[NH+](Cc2ccccc2)CC1. The Morgan fingerprint density at radius 2 is 1.70 bits per heavy atom. The van der Waals surface area contributed by atoms with E-state index >= 15 is 0 Å². The maximum Gasteiger partial charge on any atom is 0.127 e. The summed E-state index contributed by atoms with van der Waals surface area (Å²) in [5.74, 6) is 1.01. The maximum absolute atomic E-state index is 5.44. The second-order valence-corrected chi connectivity index (χ2v) is 6.50. The molecule has 3 nitrogen and oxygen atoms in total. The lowest BCUT2D eigenvalue weighted by molar-refractivity contribution is -0.926. The highest BCUT2D eigenvalue weighted by molar-refractivity contribution is 5.32. The third kappa shape index (κ3) is 4.57. The molecule has 0 saturated carbocycles. The summed E-state index contributed by atoms with van der Waals surface area (Å²) >= 11 is 0. The number of para-hydroxylation sites is 1. The van der Waals surface area contributed by atoms with Crippen LogP contribution in [0.25, 0.3) is 0 Å². The Morgan fingerprint density at radius 1 is 1.00 bits per heavy atom. The first kappa shape index (κ1) is 16.0. The molecule has 1 aliphatic heterocycles. The van der Waals surface area contributed by atoms with Crippen LogP contribution in [-0.4, -0.2) is 26.2 Å². The number of likely N-dealkylation sites (tertiary alicyclic amines) is 1. The van der Waals surface area contributed by atoms with Gasteiger partial charge in [-0.25, -0.2) is 0 Å². The minimum Gasteiger partial charge on any atom is -0.496 e. The van der Waals surface area contributed by atoms with Crippen molar-refractivity contribution in [2.24, 2.45) is 0 Å². The standard InChI is InChI=1S/C20H26N2O/c1-23-20-10-6-5-9-18(20)15-21-19-11-13-22(14-12-19)16-17-7-3-2-4-8-17/h2-10,19,21H,11-16H2,1H3/p+2. The maximum atomic E-state index is 5.44. The molecule has 0 radical (unpaired) electrons. The molecule has 3 heteroatoms. The van der Waals surface area contributed by atoms with E-state index < -0.39 is 0 Å². The van der Waals surface area contributed by atoms with Crippen LogP contribution in [0.5, 0.6) is 5.75 Å². The van der Waals surface area contributed by atoms with E-state index in [4.69, 9.17) is 4.74 Å². The predicted molar refractivity (Wildman–Crippen MR) is 92.5 cm³/mol. The first-order chi connectivity index (χ1) is 11.3. The number of rotatable bonds is 6. The van der Waals surface area contributed by atoms with Crippen molar-refractivity contribution in [1.29, 1.82) is 0 Å². The van der Waals surface area contributed by atoms with Crippen molar-refractivity contribution in [1.82, 2.24) is 0 Å². The molecule has 0 spiro atoms. The molecule has 1 saturated heterocycles. The van der Waals surface area contributed by atoms with E-state index in [0.717, 1.165) is 18.3 Å². The topological polar surface area (TPSA) is 30.3 Å². The monoisotopic (exact) mass is 312 g/mol. The van der Waals surface area contributed by atoms with Gasteiger partial charge in [-0.2, -0.15) is 0 Å². The zero-order valence-electron chi connectivity index (χ0n) is 14.0. The highest BCUT2D eigenvalue weighted by atomic mass is 16.5. The van der Waals surface area contributed by atoms with Crippen molar-refractivity contribution in [3.63, 3.8) is 0 Å². The van der Waals surface area contributed by atoms with Crippen molar-refractivity contribution in [2.75, 3.05) is 20.2 Å². The van der Waals surface area contributed by atoms with Crippen LogP contribution in [-0.2, 0) is 13.1 Å². The number of hydrogen-bond acceptors (Lipinski definition) is 1. The Balaban J connectivity index is 1.44. The summed E-state index contributed by atoms with van der Waals surface area (Å²) in [6, 6.07) is 20.0. The Bertz CT molecular complexity index is 592. The molecule has 23 heavy (non-hydrogen) atoms. The van der Waals surface area contributed by atoms with Gasteiger partial charge in [0.25, 0.3) is 0 Å². The van der Waals surface area contributed by atoms with Gasteiger partial charge in [-0.05, 0) is 12.1 Å². The summed E-state index contributed by atoms with van der Waals surface area (Å²) in [4.78, 5) is 1.72. The van der Waals surface area contributed by atoms with Crippen molar-refractivity contribution in [3.05, 3.63) is 65.7 Å². The number of ether oxygens (including phenoxy) is 1. The molecule has 3 rings (SSSR count). The van der Waals surface area contributed by atoms with Gasteiger partial charge in [0.15, 0.2) is 0 Å². The zero-order chi connectivity index (χ0) is 15.9. The summed E-state index contributed by atoms with van der Waals surface area (Å²) < 4.78 is 5.44. The van der Waals surface area contributed by atoms with Gasteiger partial charge in [-0.1, -0.05) is 42.5 Å². The molecule has 0 aliphatic carbocycles. The Morgan fingerprint density at radius 3 is 2.43 bits per heavy atom. The van der Waals surface area contributed by atoms with E-state index in [-0.39, 0.29) is 0 Å². The Labute approximate surface area is 139 Å². The number of hydrogen-bond donors (Lipinski definition) is 2. The smallest absolute Gasteiger partial charge is 0.127 e.